The van der Waals surface area contributed by atoms with Gasteiger partial charge in [-0.3, -0.25) is 9.63 Å². The van der Waals surface area contributed by atoms with E-state index in [0.717, 1.165) is 5.06 Å². The second kappa shape index (κ2) is 3.99. The van der Waals surface area contributed by atoms with E-state index in [1.807, 2.05) is 0 Å². The summed E-state index contributed by atoms with van der Waals surface area (Å²) in [4.78, 5) is 16.3. The topological polar surface area (TPSA) is 68.2 Å². The van der Waals surface area contributed by atoms with Gasteiger partial charge in [0.15, 0.2) is 5.75 Å². The highest BCUT2D eigenvalue weighted by atomic mass is 16.7. The molecule has 6 nitrogen and oxygen atoms in total. The molecule has 16 heavy (non-hydrogen) atoms. The predicted octanol–water partition coefficient (Wildman–Crippen LogP) is 0.300. The summed E-state index contributed by atoms with van der Waals surface area (Å²) in [6, 6.07) is 4.84. The minimum absolute atomic E-state index is 0.327. The number of hydrogen-bond acceptors (Lipinski definition) is 5. The molecular weight excluding hydrogens is 214 g/mol. The number of ether oxygens (including phenoxy) is 2. The van der Waals surface area contributed by atoms with E-state index in [2.05, 4.69) is 0 Å². The number of hydroxylamine groups is 1. The molecule has 1 amide bonds. The van der Waals surface area contributed by atoms with Gasteiger partial charge in [-0.1, -0.05) is 0 Å². The number of rotatable bonds is 2. The smallest absolute Gasteiger partial charge is 0.320 e. The van der Waals surface area contributed by atoms with E-state index in [1.165, 1.54) is 14.2 Å². The van der Waals surface area contributed by atoms with Crippen molar-refractivity contribution in [3.05, 3.63) is 18.2 Å². The van der Waals surface area contributed by atoms with Gasteiger partial charge in [0, 0.05) is 6.07 Å². The predicted molar refractivity (Wildman–Crippen MR) is 54.1 cm³/mol. The zero-order chi connectivity index (χ0) is 11.7. The Morgan fingerprint density at radius 1 is 1.44 bits per heavy atom. The number of carbonyl (C=O) groups excluding carboxylic acids is 1. The van der Waals surface area contributed by atoms with Crippen molar-refractivity contribution in [1.82, 2.24) is 0 Å². The largest absolute Gasteiger partial charge is 0.497 e. The molecule has 1 aromatic carbocycles. The van der Waals surface area contributed by atoms with Gasteiger partial charge in [-0.2, -0.15) is 5.06 Å². The third-order valence-electron chi connectivity index (χ3n) is 2.22. The first-order valence-corrected chi connectivity index (χ1v) is 4.58. The Morgan fingerprint density at radius 3 is 2.81 bits per heavy atom. The Labute approximate surface area is 91.9 Å². The minimum Gasteiger partial charge on any atom is -0.497 e. The zero-order valence-corrected chi connectivity index (χ0v) is 8.84. The molecule has 1 aromatic rings. The van der Waals surface area contributed by atoms with Gasteiger partial charge in [-0.25, -0.2) is 0 Å². The van der Waals surface area contributed by atoms with Gasteiger partial charge in [0.25, 0.3) is 6.29 Å². The number of hydrogen-bond donors (Lipinski definition) is 1. The molecule has 1 N–H and O–H groups in total. The number of nitrogens with zero attached hydrogens (tertiary/aromatic N) is 1. The Morgan fingerprint density at radius 2 is 2.19 bits per heavy atom. The molecule has 0 aliphatic carbocycles. The van der Waals surface area contributed by atoms with Crippen LogP contribution in [0, 0.1) is 0 Å². The zero-order valence-electron chi connectivity index (χ0n) is 8.84. The van der Waals surface area contributed by atoms with Crippen molar-refractivity contribution in [2.75, 3.05) is 19.3 Å². The molecule has 0 aromatic heterocycles. The number of methoxy groups -OCH3 is 1. The third kappa shape index (κ3) is 1.58. The highest BCUT2D eigenvalue weighted by Gasteiger charge is 2.33. The number of benzene rings is 1. The Kier molecular flexibility index (Phi) is 2.67. The minimum atomic E-state index is -1.56. The highest BCUT2D eigenvalue weighted by Crippen LogP contribution is 2.36. The lowest BCUT2D eigenvalue weighted by atomic mass is 10.2. The van der Waals surface area contributed by atoms with Crippen LogP contribution in [0.5, 0.6) is 11.5 Å². The summed E-state index contributed by atoms with van der Waals surface area (Å²) in [7, 11) is 2.85. The third-order valence-corrected chi connectivity index (χ3v) is 2.22. The van der Waals surface area contributed by atoms with Crippen molar-refractivity contribution in [1.29, 1.82) is 0 Å². The number of aliphatic hydroxyl groups excluding tert-OH is 1. The first-order chi connectivity index (χ1) is 7.67. The van der Waals surface area contributed by atoms with Crippen LogP contribution in [0.2, 0.25) is 0 Å². The summed E-state index contributed by atoms with van der Waals surface area (Å²) in [5, 5.41) is 10.3. The molecule has 0 bridgehead atoms. The maximum absolute atomic E-state index is 11.5. The molecule has 0 saturated heterocycles. The van der Waals surface area contributed by atoms with Crippen LogP contribution in [0.3, 0.4) is 0 Å². The van der Waals surface area contributed by atoms with Crippen molar-refractivity contribution in [3.8, 4) is 11.5 Å². The van der Waals surface area contributed by atoms with Crippen LogP contribution in [0.15, 0.2) is 18.2 Å². The number of carbonyl (C=O) groups is 1. The van der Waals surface area contributed by atoms with Crippen LogP contribution in [-0.2, 0) is 9.63 Å². The van der Waals surface area contributed by atoms with Crippen molar-refractivity contribution in [2.45, 2.75) is 6.29 Å². The maximum Gasteiger partial charge on any atom is 0.320 e. The quantitative estimate of drug-likeness (QED) is 0.784. The van der Waals surface area contributed by atoms with Gasteiger partial charge in [0.1, 0.15) is 11.4 Å². The Hall–Kier alpha value is -1.79. The molecule has 2 rings (SSSR count). The molecule has 1 aliphatic heterocycles. The summed E-state index contributed by atoms with van der Waals surface area (Å²) in [6.07, 6.45) is -1.56. The van der Waals surface area contributed by atoms with Crippen LogP contribution in [0.4, 0.5) is 5.69 Å². The number of fused-ring (bicyclic) bond motifs is 1. The van der Waals surface area contributed by atoms with E-state index in [9.17, 15) is 9.90 Å². The first kappa shape index (κ1) is 10.7. The van der Waals surface area contributed by atoms with Crippen LogP contribution < -0.4 is 14.5 Å². The monoisotopic (exact) mass is 225 g/mol. The van der Waals surface area contributed by atoms with Gasteiger partial charge in [-0.05, 0) is 12.1 Å². The summed E-state index contributed by atoms with van der Waals surface area (Å²) in [5.74, 6) is 0.227. The summed E-state index contributed by atoms with van der Waals surface area (Å²) >= 11 is 0. The summed E-state index contributed by atoms with van der Waals surface area (Å²) in [6.45, 7) is 0. The van der Waals surface area contributed by atoms with Crippen molar-refractivity contribution in [2.24, 2.45) is 0 Å². The lowest BCUT2D eigenvalue weighted by molar-refractivity contribution is -0.150. The van der Waals surface area contributed by atoms with E-state index in [4.69, 9.17) is 14.3 Å². The van der Waals surface area contributed by atoms with Crippen LogP contribution in [0.1, 0.15) is 0 Å². The molecule has 0 saturated carbocycles. The summed E-state index contributed by atoms with van der Waals surface area (Å²) in [5.41, 5.74) is 0.429. The van der Waals surface area contributed by atoms with E-state index in [0.29, 0.717) is 17.2 Å². The molecule has 1 heterocycles. The SMILES string of the molecule is COc1ccc2c(c1)O[C@@H](O)C(=O)N2OC. The molecule has 1 aliphatic rings. The average Bonchev–Trinajstić information content (AvgIpc) is 2.30. The van der Waals surface area contributed by atoms with Gasteiger partial charge in [-0.15, -0.1) is 0 Å². The molecule has 0 fully saturated rings. The van der Waals surface area contributed by atoms with E-state index in [-0.39, 0.29) is 0 Å². The summed E-state index contributed by atoms with van der Waals surface area (Å²) < 4.78 is 10.0. The second-order valence-electron chi connectivity index (χ2n) is 3.12. The normalized spacial score (nSPS) is 19.1. The molecule has 6 heteroatoms. The molecule has 0 radical (unpaired) electrons. The molecular formula is C10H11NO5. The van der Waals surface area contributed by atoms with Crippen LogP contribution in [0.25, 0.3) is 0 Å². The Balaban J connectivity index is 2.46. The lowest BCUT2D eigenvalue weighted by Crippen LogP contribution is -2.45. The van der Waals surface area contributed by atoms with Crippen molar-refractivity contribution >= 4 is 11.6 Å². The number of amides is 1. The molecule has 0 unspecified atom stereocenters. The number of anilines is 1. The van der Waals surface area contributed by atoms with E-state index in [1.54, 1.807) is 18.2 Å². The number of aliphatic hydroxyl groups is 1. The van der Waals surface area contributed by atoms with Gasteiger partial charge in [0.2, 0.25) is 0 Å². The molecule has 1 atom stereocenters. The maximum atomic E-state index is 11.5. The van der Waals surface area contributed by atoms with Crippen molar-refractivity contribution in [3.63, 3.8) is 0 Å². The first-order valence-electron chi connectivity index (χ1n) is 4.58. The second-order valence-corrected chi connectivity index (χ2v) is 3.12. The van der Waals surface area contributed by atoms with Crippen LogP contribution in [-0.4, -0.2) is 31.5 Å². The van der Waals surface area contributed by atoms with Crippen molar-refractivity contribution < 1.29 is 24.2 Å². The van der Waals surface area contributed by atoms with E-state index >= 15 is 0 Å². The highest BCUT2D eigenvalue weighted by molar-refractivity contribution is 5.97. The standard InChI is InChI=1S/C10H11NO5/c1-14-6-3-4-7-8(5-6)16-10(13)9(12)11(7)15-2/h3-5,10,13H,1-2H3/t10-/m1/s1. The fraction of sp³-hybridized carbons (Fsp3) is 0.300. The van der Waals surface area contributed by atoms with Gasteiger partial charge < -0.3 is 14.6 Å². The lowest BCUT2D eigenvalue weighted by Gasteiger charge is -2.29. The van der Waals surface area contributed by atoms with Gasteiger partial charge >= 0.3 is 5.91 Å². The fourth-order valence-electron chi connectivity index (χ4n) is 1.46. The van der Waals surface area contributed by atoms with Gasteiger partial charge in [0.05, 0.1) is 14.2 Å². The fourth-order valence-corrected chi connectivity index (χ4v) is 1.46. The Bertz CT molecular complexity index is 420. The molecule has 86 valence electrons. The van der Waals surface area contributed by atoms with E-state index < -0.39 is 12.2 Å². The molecule has 0 spiro atoms. The van der Waals surface area contributed by atoms with Crippen LogP contribution >= 0.6 is 0 Å². The average molecular weight is 225 g/mol.